The predicted octanol–water partition coefficient (Wildman–Crippen LogP) is 5.55. The number of amides is 1. The Balaban J connectivity index is 1.09. The number of hydrogen-bond acceptors (Lipinski definition) is 8. The minimum absolute atomic E-state index is 0.0648. The van der Waals surface area contributed by atoms with E-state index in [-0.39, 0.29) is 21.2 Å². The summed E-state index contributed by atoms with van der Waals surface area (Å²) in [6, 6.07) is 10.6. The van der Waals surface area contributed by atoms with E-state index in [0.29, 0.717) is 42.0 Å². The largest absolute Gasteiger partial charge is 0.494 e. The predicted molar refractivity (Wildman–Crippen MR) is 164 cm³/mol. The zero-order valence-electron chi connectivity index (χ0n) is 24.9. The molecule has 2 aromatic heterocycles. The molecule has 1 unspecified atom stereocenters. The third-order valence-corrected chi connectivity index (χ3v) is 9.88. The summed E-state index contributed by atoms with van der Waals surface area (Å²) in [7, 11) is -4.14. The number of ether oxygens (including phenoxy) is 2. The summed E-state index contributed by atoms with van der Waals surface area (Å²) in [5.41, 5.74) is 0.543. The van der Waals surface area contributed by atoms with Crippen LogP contribution in [0.25, 0.3) is 5.82 Å². The van der Waals surface area contributed by atoms with Crippen LogP contribution in [0.3, 0.4) is 0 Å². The highest BCUT2D eigenvalue weighted by atomic mass is 35.5. The molecule has 1 aliphatic carbocycles. The van der Waals surface area contributed by atoms with Gasteiger partial charge in [-0.2, -0.15) is 0 Å². The molecule has 232 valence electrons. The van der Waals surface area contributed by atoms with Crippen LogP contribution in [0.2, 0.25) is 5.15 Å². The Morgan fingerprint density at radius 3 is 2.51 bits per heavy atom. The maximum absolute atomic E-state index is 12.9. The maximum Gasteiger partial charge on any atom is 0.268 e. The molecule has 1 saturated heterocycles. The number of aromatic nitrogens is 3. The summed E-state index contributed by atoms with van der Waals surface area (Å²) in [5.74, 6) is 1.22. The molecule has 2 N–H and O–H groups in total. The smallest absolute Gasteiger partial charge is 0.268 e. The van der Waals surface area contributed by atoms with Crippen molar-refractivity contribution in [3.05, 3.63) is 59.4 Å². The number of carbonyl (C=O) groups is 1. The molecule has 1 aromatic carbocycles. The van der Waals surface area contributed by atoms with Crippen molar-refractivity contribution in [2.45, 2.75) is 76.2 Å². The number of carbonyl (C=O) groups excluding carboxylic acids is 1. The zero-order valence-corrected chi connectivity index (χ0v) is 26.5. The van der Waals surface area contributed by atoms with Gasteiger partial charge in [0.2, 0.25) is 5.88 Å². The van der Waals surface area contributed by atoms with Crippen LogP contribution in [0.1, 0.15) is 76.1 Å². The number of rotatable bonds is 14. The van der Waals surface area contributed by atoms with E-state index in [0.717, 1.165) is 32.2 Å². The molecule has 3 aromatic rings. The number of nitrogens with one attached hydrogen (secondary N) is 2. The van der Waals surface area contributed by atoms with Gasteiger partial charge in [0.1, 0.15) is 10.9 Å². The third kappa shape index (κ3) is 8.49. The van der Waals surface area contributed by atoms with Gasteiger partial charge < -0.3 is 14.8 Å². The summed E-state index contributed by atoms with van der Waals surface area (Å²) in [6.07, 6.45) is 9.48. The van der Waals surface area contributed by atoms with Crippen molar-refractivity contribution in [2.24, 2.45) is 11.3 Å². The Kier molecular flexibility index (Phi) is 9.34. The highest BCUT2D eigenvalue weighted by molar-refractivity contribution is 7.90. The average Bonchev–Trinajstić information content (AvgIpc) is 3.33. The lowest BCUT2D eigenvalue weighted by molar-refractivity contribution is 0.0981. The number of sulfonamides is 1. The Hall–Kier alpha value is -3.15. The van der Waals surface area contributed by atoms with Crippen LogP contribution in [-0.4, -0.2) is 54.4 Å². The first-order valence-electron chi connectivity index (χ1n) is 14.8. The molecule has 1 saturated carbocycles. The summed E-state index contributed by atoms with van der Waals surface area (Å²) < 4.78 is 40.8. The lowest BCUT2D eigenvalue weighted by atomic mass is 9.93. The second-order valence-electron chi connectivity index (χ2n) is 12.6. The van der Waals surface area contributed by atoms with Crippen molar-refractivity contribution in [1.82, 2.24) is 24.8 Å². The van der Waals surface area contributed by atoms with E-state index in [1.165, 1.54) is 48.2 Å². The number of pyridine rings is 1. The van der Waals surface area contributed by atoms with E-state index in [2.05, 4.69) is 40.9 Å². The van der Waals surface area contributed by atoms with Gasteiger partial charge >= 0.3 is 0 Å². The number of nitrogens with zero attached hydrogens (tertiary/aromatic N) is 3. The minimum atomic E-state index is -4.14. The number of hydrogen-bond donors (Lipinski definition) is 2. The molecule has 2 aliphatic rings. The Morgan fingerprint density at radius 1 is 1.07 bits per heavy atom. The Labute approximate surface area is 258 Å². The van der Waals surface area contributed by atoms with Crippen LogP contribution in [0, 0.1) is 11.3 Å². The van der Waals surface area contributed by atoms with Crippen LogP contribution in [-0.2, 0) is 10.0 Å². The molecular formula is C31H40ClN5O5S. The van der Waals surface area contributed by atoms with E-state index >= 15 is 0 Å². The van der Waals surface area contributed by atoms with Crippen LogP contribution >= 0.6 is 11.6 Å². The maximum atomic E-state index is 12.9. The van der Waals surface area contributed by atoms with Crippen LogP contribution < -0.4 is 19.5 Å². The number of halogens is 1. The molecule has 0 bridgehead atoms. The standard InChI is InChI=1S/C31H40ClN5O5S/c1-30(2)20-22(21-33-30)6-4-5-18-41-23-7-9-24(10-8-23)43(39,40)36-29(38)25-11-12-26(34-28(25)32)37-17-13-27(35-37)42-19-16-31(3)14-15-31/h7-13,17,22,33H,4-6,14-16,18-21H2,1-3H3,(H,36,38). The van der Waals surface area contributed by atoms with Crippen molar-refractivity contribution in [3.8, 4) is 17.4 Å². The van der Waals surface area contributed by atoms with Gasteiger partial charge in [0, 0.05) is 17.8 Å². The molecule has 12 heteroatoms. The number of benzene rings is 1. The molecule has 1 atom stereocenters. The van der Waals surface area contributed by atoms with Gasteiger partial charge in [0.15, 0.2) is 5.82 Å². The SMILES string of the molecule is CC1(CCOc2ccn(-c3ccc(C(=O)NS(=O)(=O)c4ccc(OCCCCC5CNC(C)(C)C5)cc4)c(Cl)n3)n2)CC1. The molecule has 0 radical (unpaired) electrons. The lowest BCUT2D eigenvalue weighted by Gasteiger charge is -2.17. The highest BCUT2D eigenvalue weighted by Crippen LogP contribution is 2.47. The molecule has 5 rings (SSSR count). The molecule has 3 heterocycles. The molecule has 2 fully saturated rings. The summed E-state index contributed by atoms with van der Waals surface area (Å²) in [6.45, 7) is 8.92. The summed E-state index contributed by atoms with van der Waals surface area (Å²) in [5, 5.41) is 7.75. The first kappa shape index (κ1) is 31.3. The van der Waals surface area contributed by atoms with Crippen LogP contribution in [0.5, 0.6) is 11.6 Å². The van der Waals surface area contributed by atoms with Crippen molar-refractivity contribution in [3.63, 3.8) is 0 Å². The second-order valence-corrected chi connectivity index (χ2v) is 14.6. The van der Waals surface area contributed by atoms with Gasteiger partial charge in [-0.15, -0.1) is 5.10 Å². The first-order chi connectivity index (χ1) is 20.4. The fourth-order valence-corrected chi connectivity index (χ4v) is 6.47. The fraction of sp³-hybridized carbons (Fsp3) is 0.516. The first-order valence-corrected chi connectivity index (χ1v) is 16.7. The van der Waals surface area contributed by atoms with Crippen molar-refractivity contribution >= 4 is 27.5 Å². The second kappa shape index (κ2) is 12.8. The monoisotopic (exact) mass is 629 g/mol. The van der Waals surface area contributed by atoms with Crippen molar-refractivity contribution in [1.29, 1.82) is 0 Å². The lowest BCUT2D eigenvalue weighted by Crippen LogP contribution is -2.31. The van der Waals surface area contributed by atoms with E-state index in [1.54, 1.807) is 24.4 Å². The van der Waals surface area contributed by atoms with Gasteiger partial charge in [-0.1, -0.05) is 18.5 Å². The molecule has 1 aliphatic heterocycles. The van der Waals surface area contributed by atoms with E-state index in [1.807, 2.05) is 0 Å². The Morgan fingerprint density at radius 2 is 1.84 bits per heavy atom. The number of unbranched alkanes of at least 4 members (excludes halogenated alkanes) is 1. The third-order valence-electron chi connectivity index (χ3n) is 8.24. The molecule has 1 amide bonds. The van der Waals surface area contributed by atoms with Crippen LogP contribution in [0.4, 0.5) is 0 Å². The van der Waals surface area contributed by atoms with Crippen molar-refractivity contribution < 1.29 is 22.7 Å². The van der Waals surface area contributed by atoms with Crippen molar-refractivity contribution in [2.75, 3.05) is 19.8 Å². The fourth-order valence-electron chi connectivity index (χ4n) is 5.27. The minimum Gasteiger partial charge on any atom is -0.494 e. The zero-order chi connectivity index (χ0) is 30.7. The summed E-state index contributed by atoms with van der Waals surface area (Å²) in [4.78, 5) is 17.0. The van der Waals surface area contributed by atoms with Gasteiger partial charge in [-0.05, 0) is 113 Å². The Bertz CT molecular complexity index is 1540. The quantitative estimate of drug-likeness (QED) is 0.176. The van der Waals surface area contributed by atoms with E-state index < -0.39 is 15.9 Å². The molecular weight excluding hydrogens is 590 g/mol. The van der Waals surface area contributed by atoms with Gasteiger partial charge in [-0.25, -0.2) is 22.8 Å². The average molecular weight is 630 g/mol. The van der Waals surface area contributed by atoms with Gasteiger partial charge in [0.25, 0.3) is 15.9 Å². The summed E-state index contributed by atoms with van der Waals surface area (Å²) >= 11 is 6.28. The van der Waals surface area contributed by atoms with E-state index in [4.69, 9.17) is 21.1 Å². The molecule has 0 spiro atoms. The van der Waals surface area contributed by atoms with Crippen LogP contribution in [0.15, 0.2) is 53.6 Å². The topological polar surface area (TPSA) is 124 Å². The van der Waals surface area contributed by atoms with Gasteiger partial charge in [-0.3, -0.25) is 4.79 Å². The normalized spacial score (nSPS) is 18.7. The molecule has 10 nitrogen and oxygen atoms in total. The highest BCUT2D eigenvalue weighted by Gasteiger charge is 2.36. The molecule has 43 heavy (non-hydrogen) atoms. The van der Waals surface area contributed by atoms with Gasteiger partial charge in [0.05, 0.1) is 23.7 Å². The van der Waals surface area contributed by atoms with E-state index in [9.17, 15) is 13.2 Å².